The van der Waals surface area contributed by atoms with Crippen LogP contribution < -0.4 is 5.32 Å². The Morgan fingerprint density at radius 2 is 1.84 bits per heavy atom. The fourth-order valence-electron chi connectivity index (χ4n) is 2.21. The van der Waals surface area contributed by atoms with Crippen molar-refractivity contribution in [3.63, 3.8) is 0 Å². The van der Waals surface area contributed by atoms with Crippen molar-refractivity contribution in [2.24, 2.45) is 5.92 Å². The van der Waals surface area contributed by atoms with E-state index in [4.69, 9.17) is 0 Å². The van der Waals surface area contributed by atoms with Gasteiger partial charge in [-0.3, -0.25) is 14.9 Å². The molecule has 1 atom stereocenters. The van der Waals surface area contributed by atoms with Gasteiger partial charge in [0, 0.05) is 23.7 Å². The largest absolute Gasteiger partial charge is 0.388 e. The number of hydrogen-bond donors (Lipinski definition) is 2. The van der Waals surface area contributed by atoms with Crippen molar-refractivity contribution in [2.45, 2.75) is 26.4 Å². The quantitative estimate of drug-likeness (QED) is 0.455. The van der Waals surface area contributed by atoms with Crippen LogP contribution in [0.2, 0.25) is 0 Å². The van der Waals surface area contributed by atoms with E-state index >= 15 is 0 Å². The number of nitrogens with one attached hydrogen (secondary N) is 1. The molecule has 0 aliphatic carbocycles. The number of nitrogens with zero attached hydrogens (tertiary/aromatic N) is 1. The van der Waals surface area contributed by atoms with E-state index in [9.17, 15) is 20.0 Å². The van der Waals surface area contributed by atoms with Crippen molar-refractivity contribution in [3.05, 3.63) is 69.8 Å². The summed E-state index contributed by atoms with van der Waals surface area (Å²) in [5, 5.41) is 24.6. The van der Waals surface area contributed by atoms with Gasteiger partial charge in [-0.15, -0.1) is 0 Å². The molecule has 6 heteroatoms. The molecule has 6 nitrogen and oxygen atoms in total. The van der Waals surface area contributed by atoms with Crippen molar-refractivity contribution in [2.75, 3.05) is 11.9 Å². The molecule has 0 amide bonds. The Kier molecular flexibility index (Phi) is 5.54. The van der Waals surface area contributed by atoms with Crippen LogP contribution in [0.5, 0.6) is 0 Å². The fraction of sp³-hybridized carbons (Fsp3) is 0.316. The Bertz CT molecular complexity index is 770. The van der Waals surface area contributed by atoms with E-state index < -0.39 is 10.5 Å². The van der Waals surface area contributed by atoms with Crippen LogP contribution in [-0.4, -0.2) is 28.0 Å². The summed E-state index contributed by atoms with van der Waals surface area (Å²) in [7, 11) is 0. The number of carbonyl (C=O) groups excluding carboxylic acids is 1. The van der Waals surface area contributed by atoms with Gasteiger partial charge in [0.25, 0.3) is 5.69 Å². The lowest BCUT2D eigenvalue weighted by atomic mass is 9.92. The smallest absolute Gasteiger partial charge is 0.293 e. The lowest BCUT2D eigenvalue weighted by Crippen LogP contribution is -2.38. The molecule has 0 spiro atoms. The molecule has 2 aromatic carbocycles. The number of aliphatic hydroxyl groups is 1. The molecule has 0 aliphatic rings. The zero-order chi connectivity index (χ0) is 18.6. The highest BCUT2D eigenvalue weighted by atomic mass is 16.6. The number of hydrogen-bond acceptors (Lipinski definition) is 5. The molecule has 2 aromatic rings. The topological polar surface area (TPSA) is 92.5 Å². The monoisotopic (exact) mass is 342 g/mol. The van der Waals surface area contributed by atoms with Gasteiger partial charge in [0.05, 0.1) is 10.5 Å². The predicted octanol–water partition coefficient (Wildman–Crippen LogP) is 3.64. The first-order chi connectivity index (χ1) is 11.7. The summed E-state index contributed by atoms with van der Waals surface area (Å²) in [5.41, 5.74) is -0.206. The number of nitro benzene ring substituents is 1. The molecule has 0 radical (unpaired) electrons. The third-order valence-corrected chi connectivity index (χ3v) is 4.37. The second kappa shape index (κ2) is 7.44. The van der Waals surface area contributed by atoms with Crippen LogP contribution >= 0.6 is 0 Å². The first kappa shape index (κ1) is 18.6. The molecule has 0 heterocycles. The van der Waals surface area contributed by atoms with Gasteiger partial charge in [-0.25, -0.2) is 0 Å². The van der Waals surface area contributed by atoms with Gasteiger partial charge in [-0.1, -0.05) is 44.2 Å². The van der Waals surface area contributed by atoms with Gasteiger partial charge in [0.1, 0.15) is 5.69 Å². The average Bonchev–Trinajstić information content (AvgIpc) is 2.59. The maximum absolute atomic E-state index is 12.5. The highest BCUT2D eigenvalue weighted by molar-refractivity contribution is 6.09. The van der Waals surface area contributed by atoms with Crippen LogP contribution in [0, 0.1) is 16.0 Å². The Hall–Kier alpha value is -2.73. The Balaban J connectivity index is 2.29. The molecule has 0 saturated heterocycles. The summed E-state index contributed by atoms with van der Waals surface area (Å²) in [5.74, 6) is -0.289. The van der Waals surface area contributed by atoms with Crippen molar-refractivity contribution < 1.29 is 14.8 Å². The summed E-state index contributed by atoms with van der Waals surface area (Å²) in [6, 6.07) is 12.9. The molecule has 2 rings (SSSR count). The third kappa shape index (κ3) is 4.42. The van der Waals surface area contributed by atoms with Gasteiger partial charge in [-0.05, 0) is 25.0 Å². The van der Waals surface area contributed by atoms with E-state index in [0.717, 1.165) is 0 Å². The van der Waals surface area contributed by atoms with E-state index in [1.807, 2.05) is 13.8 Å². The summed E-state index contributed by atoms with van der Waals surface area (Å²) in [4.78, 5) is 23.3. The molecular weight excluding hydrogens is 320 g/mol. The van der Waals surface area contributed by atoms with Crippen molar-refractivity contribution in [3.8, 4) is 0 Å². The molecule has 0 fully saturated rings. The molecule has 2 N–H and O–H groups in total. The zero-order valence-electron chi connectivity index (χ0n) is 14.5. The van der Waals surface area contributed by atoms with Crippen LogP contribution in [0.4, 0.5) is 11.4 Å². The number of benzene rings is 2. The minimum atomic E-state index is -1.01. The molecule has 0 saturated carbocycles. The molecule has 0 bridgehead atoms. The lowest BCUT2D eigenvalue weighted by Gasteiger charge is -2.28. The van der Waals surface area contributed by atoms with E-state index in [1.165, 1.54) is 12.1 Å². The highest BCUT2D eigenvalue weighted by Crippen LogP contribution is 2.28. The van der Waals surface area contributed by atoms with Crippen LogP contribution in [0.25, 0.3) is 0 Å². The maximum atomic E-state index is 12.5. The molecule has 0 aliphatic heterocycles. The van der Waals surface area contributed by atoms with E-state index in [1.54, 1.807) is 43.3 Å². The average molecular weight is 342 g/mol. The van der Waals surface area contributed by atoms with Crippen molar-refractivity contribution in [1.29, 1.82) is 0 Å². The van der Waals surface area contributed by atoms with Crippen LogP contribution in [0.3, 0.4) is 0 Å². The van der Waals surface area contributed by atoms with Gasteiger partial charge in [0.2, 0.25) is 0 Å². The van der Waals surface area contributed by atoms with Crippen molar-refractivity contribution in [1.82, 2.24) is 0 Å². The Labute approximate surface area is 146 Å². The molecule has 25 heavy (non-hydrogen) atoms. The van der Waals surface area contributed by atoms with Gasteiger partial charge < -0.3 is 10.4 Å². The number of nitro groups is 1. The Morgan fingerprint density at radius 3 is 2.40 bits per heavy atom. The first-order valence-electron chi connectivity index (χ1n) is 8.07. The number of carbonyl (C=O) groups is 1. The highest BCUT2D eigenvalue weighted by Gasteiger charge is 2.26. The van der Waals surface area contributed by atoms with Gasteiger partial charge in [-0.2, -0.15) is 0 Å². The molecule has 1 unspecified atom stereocenters. The second-order valence-electron chi connectivity index (χ2n) is 6.55. The summed E-state index contributed by atoms with van der Waals surface area (Å²) in [6.07, 6.45) is 0. The lowest BCUT2D eigenvalue weighted by molar-refractivity contribution is -0.384. The standard InChI is InChI=1S/C19H22N2O4/c1-13(2)19(3,23)12-20-16-10-9-15(11-17(16)21(24)25)18(22)14-7-5-4-6-8-14/h4-11,13,20,23H,12H2,1-3H3. The van der Waals surface area contributed by atoms with Crippen molar-refractivity contribution >= 4 is 17.2 Å². The number of rotatable bonds is 7. The zero-order valence-corrected chi connectivity index (χ0v) is 14.5. The summed E-state index contributed by atoms with van der Waals surface area (Å²) in [6.45, 7) is 5.58. The number of ketones is 1. The molecule has 0 aromatic heterocycles. The minimum Gasteiger partial charge on any atom is -0.388 e. The first-order valence-corrected chi connectivity index (χ1v) is 8.07. The van der Waals surface area contributed by atoms with E-state index in [0.29, 0.717) is 5.56 Å². The number of anilines is 1. The van der Waals surface area contributed by atoms with Crippen LogP contribution in [0.1, 0.15) is 36.7 Å². The Morgan fingerprint density at radius 1 is 1.20 bits per heavy atom. The third-order valence-electron chi connectivity index (χ3n) is 4.37. The maximum Gasteiger partial charge on any atom is 0.293 e. The second-order valence-corrected chi connectivity index (χ2v) is 6.55. The van der Waals surface area contributed by atoms with Gasteiger partial charge in [0.15, 0.2) is 5.78 Å². The van der Waals surface area contributed by atoms with Crippen LogP contribution in [-0.2, 0) is 0 Å². The van der Waals surface area contributed by atoms with E-state index in [-0.39, 0.29) is 35.2 Å². The van der Waals surface area contributed by atoms with Gasteiger partial charge >= 0.3 is 0 Å². The fourth-order valence-corrected chi connectivity index (χ4v) is 2.21. The van der Waals surface area contributed by atoms with E-state index in [2.05, 4.69) is 5.32 Å². The molecular formula is C19H22N2O4. The minimum absolute atomic E-state index is 0.0158. The summed E-state index contributed by atoms with van der Waals surface area (Å²) >= 11 is 0. The predicted molar refractivity (Wildman–Crippen MR) is 96.9 cm³/mol. The SMILES string of the molecule is CC(C)C(C)(O)CNc1ccc(C(=O)c2ccccc2)cc1[N+](=O)[O-]. The summed E-state index contributed by atoms with van der Waals surface area (Å²) < 4.78 is 0. The normalized spacial score (nSPS) is 13.3. The molecule has 132 valence electrons. The van der Waals surface area contributed by atoms with Crippen LogP contribution in [0.15, 0.2) is 48.5 Å².